The Bertz CT molecular complexity index is 859. The lowest BCUT2D eigenvalue weighted by molar-refractivity contribution is -0.387. The average Bonchev–Trinajstić information content (AvgIpc) is 2.93. The lowest BCUT2D eigenvalue weighted by atomic mass is 9.93. The van der Waals surface area contributed by atoms with Crippen LogP contribution in [0.15, 0.2) is 29.3 Å². The van der Waals surface area contributed by atoms with Crippen LogP contribution in [0.3, 0.4) is 0 Å². The zero-order chi connectivity index (χ0) is 16.6. The highest BCUT2D eigenvalue weighted by molar-refractivity contribution is 7.90. The summed E-state index contributed by atoms with van der Waals surface area (Å²) in [5.41, 5.74) is 2.40. The lowest BCUT2D eigenvalue weighted by Crippen LogP contribution is -2.27. The molecule has 1 aliphatic carbocycles. The Morgan fingerprint density at radius 1 is 1.43 bits per heavy atom. The molecule has 2 aromatic rings. The van der Waals surface area contributed by atoms with E-state index in [1.807, 2.05) is 0 Å². The van der Waals surface area contributed by atoms with Crippen LogP contribution >= 0.6 is 0 Å². The first kappa shape index (κ1) is 15.5. The molecule has 1 aromatic heterocycles. The molecule has 0 unspecified atom stereocenters. The highest BCUT2D eigenvalue weighted by Crippen LogP contribution is 2.29. The summed E-state index contributed by atoms with van der Waals surface area (Å²) in [6, 6.07) is 4.25. The largest absolute Gasteiger partial charge is 0.382 e. The van der Waals surface area contributed by atoms with Gasteiger partial charge in [-0.05, 0) is 37.0 Å². The van der Waals surface area contributed by atoms with Crippen LogP contribution in [0.25, 0.3) is 0 Å². The van der Waals surface area contributed by atoms with E-state index in [1.54, 1.807) is 12.3 Å². The molecular formula is C14H16N4O4S. The number of nitro benzene ring substituents is 1. The number of anilines is 1. The number of fused-ring (bicyclic) bond motifs is 1. The second-order valence-corrected chi connectivity index (χ2v) is 7.65. The van der Waals surface area contributed by atoms with Crippen molar-refractivity contribution < 1.29 is 13.3 Å². The van der Waals surface area contributed by atoms with E-state index in [2.05, 4.69) is 15.5 Å². The fourth-order valence-electron chi connectivity index (χ4n) is 2.84. The molecular weight excluding hydrogens is 320 g/mol. The van der Waals surface area contributed by atoms with Gasteiger partial charge in [0.2, 0.25) is 0 Å². The van der Waals surface area contributed by atoms with E-state index in [4.69, 9.17) is 0 Å². The summed E-state index contributed by atoms with van der Waals surface area (Å²) in [4.78, 5) is 10.2. The van der Waals surface area contributed by atoms with Crippen molar-refractivity contribution in [1.29, 1.82) is 0 Å². The van der Waals surface area contributed by atoms with Gasteiger partial charge in [0.15, 0.2) is 9.84 Å². The molecule has 3 rings (SSSR count). The van der Waals surface area contributed by atoms with Crippen molar-refractivity contribution in [3.8, 4) is 0 Å². The van der Waals surface area contributed by atoms with Gasteiger partial charge in [0.05, 0.1) is 11.1 Å². The Balaban J connectivity index is 1.84. The minimum absolute atomic E-state index is 0.129. The summed E-state index contributed by atoms with van der Waals surface area (Å²) < 4.78 is 23.3. The van der Waals surface area contributed by atoms with Gasteiger partial charge in [-0.1, -0.05) is 0 Å². The fraction of sp³-hybridized carbons (Fsp3) is 0.357. The second-order valence-electron chi connectivity index (χ2n) is 5.67. The second kappa shape index (κ2) is 5.65. The number of hydrogen-bond donors (Lipinski definition) is 2. The van der Waals surface area contributed by atoms with Gasteiger partial charge in [-0.3, -0.25) is 15.2 Å². The maximum absolute atomic E-state index is 11.6. The first-order valence-electron chi connectivity index (χ1n) is 7.11. The van der Waals surface area contributed by atoms with Gasteiger partial charge in [-0.15, -0.1) is 0 Å². The Hall–Kier alpha value is -2.42. The molecule has 9 heteroatoms. The maximum Gasteiger partial charge on any atom is 0.290 e. The number of H-pyrrole nitrogens is 1. The number of benzene rings is 1. The Morgan fingerprint density at radius 2 is 2.22 bits per heavy atom. The van der Waals surface area contributed by atoms with Crippen molar-refractivity contribution in [3.63, 3.8) is 0 Å². The molecule has 1 heterocycles. The summed E-state index contributed by atoms with van der Waals surface area (Å²) in [5.74, 6) is 0. The van der Waals surface area contributed by atoms with E-state index in [0.29, 0.717) is 5.69 Å². The summed E-state index contributed by atoms with van der Waals surface area (Å²) >= 11 is 0. The summed E-state index contributed by atoms with van der Waals surface area (Å²) in [6.07, 6.45) is 5.25. The predicted molar refractivity (Wildman–Crippen MR) is 84.2 cm³/mol. The zero-order valence-corrected chi connectivity index (χ0v) is 13.3. The van der Waals surface area contributed by atoms with E-state index in [9.17, 15) is 18.5 Å². The third-order valence-corrected chi connectivity index (χ3v) is 5.09. The van der Waals surface area contributed by atoms with Crippen LogP contribution < -0.4 is 5.32 Å². The molecule has 0 bridgehead atoms. The number of nitrogens with one attached hydrogen (secondary N) is 2. The van der Waals surface area contributed by atoms with Crippen molar-refractivity contribution in [2.45, 2.75) is 30.2 Å². The third kappa shape index (κ3) is 3.19. The molecule has 0 saturated heterocycles. The van der Waals surface area contributed by atoms with Crippen molar-refractivity contribution in [1.82, 2.24) is 10.2 Å². The first-order chi connectivity index (χ1) is 10.8. The van der Waals surface area contributed by atoms with Crippen LogP contribution in [0, 0.1) is 10.1 Å². The fourth-order valence-corrected chi connectivity index (χ4v) is 3.67. The van der Waals surface area contributed by atoms with Crippen LogP contribution in [-0.4, -0.2) is 35.8 Å². The molecule has 0 radical (unpaired) electrons. The molecule has 8 nitrogen and oxygen atoms in total. The number of hydrogen-bond acceptors (Lipinski definition) is 6. The normalized spacial score (nSPS) is 17.5. The molecule has 2 N–H and O–H groups in total. The summed E-state index contributed by atoms with van der Waals surface area (Å²) in [6.45, 7) is 0. The lowest BCUT2D eigenvalue weighted by Gasteiger charge is -2.23. The molecule has 1 atom stereocenters. The molecule has 0 amide bonds. The first-order valence-corrected chi connectivity index (χ1v) is 9.00. The Morgan fingerprint density at radius 3 is 2.91 bits per heavy atom. The minimum atomic E-state index is -3.64. The molecule has 1 aromatic carbocycles. The molecule has 122 valence electrons. The summed E-state index contributed by atoms with van der Waals surface area (Å²) in [7, 11) is -3.64. The summed E-state index contributed by atoms with van der Waals surface area (Å²) in [5, 5.41) is 21.4. The zero-order valence-electron chi connectivity index (χ0n) is 12.4. The minimum Gasteiger partial charge on any atom is -0.382 e. The molecule has 0 saturated carbocycles. The van der Waals surface area contributed by atoms with Gasteiger partial charge < -0.3 is 5.32 Å². The molecule has 23 heavy (non-hydrogen) atoms. The SMILES string of the molecule is CS(=O)(=O)c1ccc(N[C@H]2CCc3[nH]ncc3C2)cc1[N+](=O)[O-]. The highest BCUT2D eigenvalue weighted by Gasteiger charge is 2.24. The van der Waals surface area contributed by atoms with Gasteiger partial charge in [0.1, 0.15) is 4.90 Å². The maximum atomic E-state index is 11.6. The van der Waals surface area contributed by atoms with Gasteiger partial charge in [0, 0.05) is 29.7 Å². The average molecular weight is 336 g/mol. The number of nitrogens with zero attached hydrogens (tertiary/aromatic N) is 2. The van der Waals surface area contributed by atoms with E-state index in [-0.39, 0.29) is 10.9 Å². The van der Waals surface area contributed by atoms with Gasteiger partial charge in [-0.2, -0.15) is 5.10 Å². The Kier molecular flexibility index (Phi) is 3.80. The number of aromatic nitrogens is 2. The van der Waals surface area contributed by atoms with Crippen LogP contribution in [0.1, 0.15) is 17.7 Å². The van der Waals surface area contributed by atoms with E-state index >= 15 is 0 Å². The van der Waals surface area contributed by atoms with E-state index < -0.39 is 20.4 Å². The smallest absolute Gasteiger partial charge is 0.290 e. The van der Waals surface area contributed by atoms with Crippen molar-refractivity contribution >= 4 is 21.2 Å². The number of rotatable bonds is 4. The topological polar surface area (TPSA) is 118 Å². The Labute approximate surface area is 133 Å². The van der Waals surface area contributed by atoms with E-state index in [1.165, 1.54) is 12.1 Å². The predicted octanol–water partition coefficient (Wildman–Crippen LogP) is 1.69. The van der Waals surface area contributed by atoms with Crippen molar-refractivity contribution in [2.75, 3.05) is 11.6 Å². The monoisotopic (exact) mass is 336 g/mol. The quantitative estimate of drug-likeness (QED) is 0.648. The number of sulfone groups is 1. The third-order valence-electron chi connectivity index (χ3n) is 3.94. The molecule has 1 aliphatic rings. The molecule has 0 spiro atoms. The van der Waals surface area contributed by atoms with Crippen LogP contribution in [0.4, 0.5) is 11.4 Å². The number of aromatic amines is 1. The van der Waals surface area contributed by atoms with Crippen molar-refractivity contribution in [3.05, 3.63) is 45.8 Å². The van der Waals surface area contributed by atoms with Gasteiger partial charge in [-0.25, -0.2) is 8.42 Å². The van der Waals surface area contributed by atoms with Crippen molar-refractivity contribution in [2.24, 2.45) is 0 Å². The van der Waals surface area contributed by atoms with E-state index in [0.717, 1.165) is 36.8 Å². The highest BCUT2D eigenvalue weighted by atomic mass is 32.2. The van der Waals surface area contributed by atoms with Crippen LogP contribution in [0.5, 0.6) is 0 Å². The standard InChI is InChI=1S/C14H16N4O4S/c1-23(21,22)14-5-3-11(7-13(14)18(19)20)16-10-2-4-12-9(6-10)8-15-17-12/h3,5,7-8,10,16H,2,4,6H2,1H3,(H,15,17)/t10-/m0/s1. The number of nitro groups is 1. The number of aryl methyl sites for hydroxylation is 1. The van der Waals surface area contributed by atoms with Gasteiger partial charge in [0.25, 0.3) is 5.69 Å². The van der Waals surface area contributed by atoms with Gasteiger partial charge >= 0.3 is 0 Å². The van der Waals surface area contributed by atoms with Crippen LogP contribution in [0.2, 0.25) is 0 Å². The molecule has 0 fully saturated rings. The molecule has 0 aliphatic heterocycles. The van der Waals surface area contributed by atoms with Crippen LogP contribution in [-0.2, 0) is 22.7 Å².